The zero-order valence-electron chi connectivity index (χ0n) is 14.5. The topological polar surface area (TPSA) is 93.4 Å². The van der Waals surface area contributed by atoms with Crippen LogP contribution in [-0.4, -0.2) is 47.5 Å². The SMILES string of the molecule is Cl.Cn1cc(S(=O)(=O)N2CCC(C3CCCN3)CC2)c(=O)n(C)c1=O. The average molecular weight is 393 g/mol. The van der Waals surface area contributed by atoms with Gasteiger partial charge in [0.1, 0.15) is 0 Å². The molecule has 0 spiro atoms. The number of nitrogens with one attached hydrogen (secondary N) is 1. The van der Waals surface area contributed by atoms with Gasteiger partial charge in [0, 0.05) is 39.4 Å². The Bertz CT molecular complexity index is 834. The third-order valence-corrected chi connectivity index (χ3v) is 7.08. The molecule has 2 saturated heterocycles. The van der Waals surface area contributed by atoms with Gasteiger partial charge in [-0.2, -0.15) is 4.31 Å². The molecule has 0 radical (unpaired) electrons. The zero-order chi connectivity index (χ0) is 17.5. The van der Waals surface area contributed by atoms with Crippen LogP contribution in [0.5, 0.6) is 0 Å². The van der Waals surface area contributed by atoms with Gasteiger partial charge in [-0.1, -0.05) is 0 Å². The van der Waals surface area contributed by atoms with Crippen molar-refractivity contribution in [3.8, 4) is 0 Å². The van der Waals surface area contributed by atoms with Crippen molar-refractivity contribution < 1.29 is 8.42 Å². The molecule has 1 atom stereocenters. The predicted molar refractivity (Wildman–Crippen MR) is 96.7 cm³/mol. The standard InChI is InChI=1S/C15H24N4O4S.ClH/c1-17-10-13(14(20)18(2)15(17)21)24(22,23)19-8-5-11(6-9-19)12-4-3-7-16-12;/h10-12,16H,3-9H2,1-2H3;1H. The first-order valence-electron chi connectivity index (χ1n) is 8.32. The molecule has 0 aromatic carbocycles. The Morgan fingerprint density at radius 2 is 1.76 bits per heavy atom. The van der Waals surface area contributed by atoms with E-state index in [9.17, 15) is 18.0 Å². The van der Waals surface area contributed by atoms with Gasteiger partial charge in [0.15, 0.2) is 4.90 Å². The van der Waals surface area contributed by atoms with Crippen LogP contribution in [0.2, 0.25) is 0 Å². The molecule has 3 heterocycles. The number of hydrogen-bond acceptors (Lipinski definition) is 5. The lowest BCUT2D eigenvalue weighted by molar-refractivity contribution is 0.234. The first-order valence-corrected chi connectivity index (χ1v) is 9.76. The van der Waals surface area contributed by atoms with Gasteiger partial charge in [0.05, 0.1) is 0 Å². The average Bonchev–Trinajstić information content (AvgIpc) is 3.10. The Kier molecular flexibility index (Phi) is 6.13. The van der Waals surface area contributed by atoms with Gasteiger partial charge in [-0.15, -0.1) is 12.4 Å². The minimum absolute atomic E-state index is 0. The second kappa shape index (κ2) is 7.61. The molecular weight excluding hydrogens is 368 g/mol. The van der Waals surface area contributed by atoms with Crippen LogP contribution in [0, 0.1) is 5.92 Å². The maximum absolute atomic E-state index is 12.8. The smallest absolute Gasteiger partial charge is 0.314 e. The van der Waals surface area contributed by atoms with Gasteiger partial charge in [-0.25, -0.2) is 13.2 Å². The van der Waals surface area contributed by atoms with E-state index in [4.69, 9.17) is 0 Å². The zero-order valence-corrected chi connectivity index (χ0v) is 16.1. The van der Waals surface area contributed by atoms with Crippen molar-refractivity contribution in [3.63, 3.8) is 0 Å². The van der Waals surface area contributed by atoms with Crippen LogP contribution in [0.25, 0.3) is 0 Å². The van der Waals surface area contributed by atoms with Crippen LogP contribution in [0.4, 0.5) is 0 Å². The molecule has 1 N–H and O–H groups in total. The molecular formula is C15H25ClN4O4S. The van der Waals surface area contributed by atoms with Gasteiger partial charge in [0.2, 0.25) is 10.0 Å². The number of aryl methyl sites for hydroxylation is 1. The number of rotatable bonds is 3. The molecule has 25 heavy (non-hydrogen) atoms. The number of piperidine rings is 1. The highest BCUT2D eigenvalue weighted by atomic mass is 35.5. The highest BCUT2D eigenvalue weighted by Gasteiger charge is 2.35. The van der Waals surface area contributed by atoms with E-state index in [1.165, 1.54) is 24.8 Å². The van der Waals surface area contributed by atoms with E-state index >= 15 is 0 Å². The fourth-order valence-corrected chi connectivity index (χ4v) is 5.34. The molecule has 1 unspecified atom stereocenters. The lowest BCUT2D eigenvalue weighted by Gasteiger charge is -2.34. The molecule has 0 saturated carbocycles. The van der Waals surface area contributed by atoms with Crippen LogP contribution in [0.3, 0.4) is 0 Å². The Labute approximate surface area is 153 Å². The van der Waals surface area contributed by atoms with Gasteiger partial charge in [-0.05, 0) is 38.1 Å². The fraction of sp³-hybridized carbons (Fsp3) is 0.733. The van der Waals surface area contributed by atoms with Crippen molar-refractivity contribution in [2.75, 3.05) is 19.6 Å². The maximum Gasteiger partial charge on any atom is 0.330 e. The normalized spacial score (nSPS) is 22.7. The summed E-state index contributed by atoms with van der Waals surface area (Å²) in [5.74, 6) is 0.488. The second-order valence-corrected chi connectivity index (χ2v) is 8.60. The molecule has 8 nitrogen and oxygen atoms in total. The van der Waals surface area contributed by atoms with E-state index in [0.29, 0.717) is 25.0 Å². The van der Waals surface area contributed by atoms with Crippen molar-refractivity contribution in [2.45, 2.75) is 36.6 Å². The van der Waals surface area contributed by atoms with E-state index in [0.717, 1.165) is 41.1 Å². The third-order valence-electron chi connectivity index (χ3n) is 5.20. The van der Waals surface area contributed by atoms with Crippen LogP contribution in [0.15, 0.2) is 20.7 Å². The van der Waals surface area contributed by atoms with Crippen LogP contribution < -0.4 is 16.6 Å². The number of sulfonamides is 1. The molecule has 0 aliphatic carbocycles. The summed E-state index contributed by atoms with van der Waals surface area (Å²) in [6.45, 7) is 1.87. The Morgan fingerprint density at radius 3 is 2.32 bits per heavy atom. The molecule has 2 aliphatic heterocycles. The van der Waals surface area contributed by atoms with Crippen molar-refractivity contribution in [1.29, 1.82) is 0 Å². The summed E-state index contributed by atoms with van der Waals surface area (Å²) >= 11 is 0. The summed E-state index contributed by atoms with van der Waals surface area (Å²) in [6, 6.07) is 0.486. The van der Waals surface area contributed by atoms with Gasteiger partial charge < -0.3 is 9.88 Å². The van der Waals surface area contributed by atoms with Crippen LogP contribution >= 0.6 is 12.4 Å². The molecule has 2 fully saturated rings. The molecule has 142 valence electrons. The van der Waals surface area contributed by atoms with Crippen molar-refractivity contribution in [3.05, 3.63) is 27.0 Å². The van der Waals surface area contributed by atoms with Crippen molar-refractivity contribution in [1.82, 2.24) is 18.8 Å². The number of nitrogens with zero attached hydrogens (tertiary/aromatic N) is 3. The van der Waals surface area contributed by atoms with E-state index in [-0.39, 0.29) is 17.3 Å². The predicted octanol–water partition coefficient (Wildman–Crippen LogP) is -0.341. The van der Waals surface area contributed by atoms with Gasteiger partial charge in [0.25, 0.3) is 5.56 Å². The summed E-state index contributed by atoms with van der Waals surface area (Å²) in [6.07, 6.45) is 5.05. The lowest BCUT2D eigenvalue weighted by Crippen LogP contribution is -2.46. The monoisotopic (exact) mass is 392 g/mol. The summed E-state index contributed by atoms with van der Waals surface area (Å²) in [7, 11) is -1.14. The Morgan fingerprint density at radius 1 is 1.12 bits per heavy atom. The van der Waals surface area contributed by atoms with E-state index in [1.807, 2.05) is 0 Å². The summed E-state index contributed by atoms with van der Waals surface area (Å²) in [5.41, 5.74) is -1.30. The Hall–Kier alpha value is -1.16. The molecule has 0 amide bonds. The first-order chi connectivity index (χ1) is 11.3. The highest BCUT2D eigenvalue weighted by Crippen LogP contribution is 2.27. The molecule has 10 heteroatoms. The molecule has 2 aliphatic rings. The number of halogens is 1. The molecule has 1 aromatic rings. The van der Waals surface area contributed by atoms with E-state index in [1.54, 1.807) is 0 Å². The largest absolute Gasteiger partial charge is 0.330 e. The molecule has 3 rings (SSSR count). The van der Waals surface area contributed by atoms with Gasteiger partial charge >= 0.3 is 5.69 Å². The van der Waals surface area contributed by atoms with Gasteiger partial charge in [-0.3, -0.25) is 9.36 Å². The van der Waals surface area contributed by atoms with Crippen LogP contribution in [-0.2, 0) is 24.1 Å². The van der Waals surface area contributed by atoms with Crippen LogP contribution in [0.1, 0.15) is 25.7 Å². The second-order valence-electron chi connectivity index (χ2n) is 6.70. The summed E-state index contributed by atoms with van der Waals surface area (Å²) < 4.78 is 29.0. The highest BCUT2D eigenvalue weighted by molar-refractivity contribution is 7.89. The first kappa shape index (κ1) is 20.2. The fourth-order valence-electron chi connectivity index (χ4n) is 3.72. The van der Waals surface area contributed by atoms with Crippen molar-refractivity contribution >= 4 is 22.4 Å². The summed E-state index contributed by atoms with van der Waals surface area (Å²) in [5, 5.41) is 3.48. The van der Waals surface area contributed by atoms with E-state index < -0.39 is 21.3 Å². The number of aromatic nitrogens is 2. The maximum atomic E-state index is 12.8. The minimum Gasteiger partial charge on any atom is -0.314 e. The third kappa shape index (κ3) is 3.69. The summed E-state index contributed by atoms with van der Waals surface area (Å²) in [4.78, 5) is 23.7. The van der Waals surface area contributed by atoms with Crippen molar-refractivity contribution in [2.24, 2.45) is 20.0 Å². The number of hydrogen-bond donors (Lipinski definition) is 1. The van der Waals surface area contributed by atoms with E-state index in [2.05, 4.69) is 5.32 Å². The Balaban J connectivity index is 0.00000225. The molecule has 0 bridgehead atoms. The quantitative estimate of drug-likeness (QED) is 0.759. The lowest BCUT2D eigenvalue weighted by atomic mass is 9.89. The molecule has 1 aromatic heterocycles. The minimum atomic E-state index is -3.88.